The van der Waals surface area contributed by atoms with Crippen molar-refractivity contribution in [2.75, 3.05) is 13.1 Å². The molecule has 0 aliphatic carbocycles. The number of piperazine rings is 1. The minimum atomic E-state index is -0.157. The molecule has 0 amide bonds. The van der Waals surface area contributed by atoms with Crippen LogP contribution in [-0.2, 0) is 0 Å². The molecule has 1 aliphatic heterocycles. The highest BCUT2D eigenvalue weighted by Crippen LogP contribution is 2.28. The Hall–Kier alpha value is -0.930. The summed E-state index contributed by atoms with van der Waals surface area (Å²) in [5, 5.41) is 3.70. The summed E-state index contributed by atoms with van der Waals surface area (Å²) in [6.45, 7) is 11.2. The van der Waals surface area contributed by atoms with E-state index in [0.717, 1.165) is 13.1 Å². The van der Waals surface area contributed by atoms with Gasteiger partial charge in [0.25, 0.3) is 0 Å². The van der Waals surface area contributed by atoms with Crippen molar-refractivity contribution in [1.29, 1.82) is 0 Å². The van der Waals surface area contributed by atoms with Crippen LogP contribution >= 0.6 is 0 Å². The molecule has 1 heterocycles. The van der Waals surface area contributed by atoms with E-state index in [1.807, 2.05) is 12.1 Å². The topological polar surface area (TPSA) is 15.3 Å². The van der Waals surface area contributed by atoms with Gasteiger partial charge >= 0.3 is 0 Å². The number of rotatable bonds is 5. The molecule has 0 aromatic heterocycles. The van der Waals surface area contributed by atoms with Crippen molar-refractivity contribution in [1.82, 2.24) is 10.2 Å². The van der Waals surface area contributed by atoms with Crippen molar-refractivity contribution in [3.05, 3.63) is 35.6 Å². The van der Waals surface area contributed by atoms with Crippen LogP contribution in [0.3, 0.4) is 0 Å². The molecular weight excluding hydrogens is 263 g/mol. The van der Waals surface area contributed by atoms with Crippen molar-refractivity contribution in [2.45, 2.75) is 58.7 Å². The molecule has 1 aromatic rings. The number of hydrogen-bond acceptors (Lipinski definition) is 2. The third kappa shape index (κ3) is 4.04. The minimum absolute atomic E-state index is 0.157. The molecule has 1 aliphatic rings. The molecule has 3 atom stereocenters. The van der Waals surface area contributed by atoms with Gasteiger partial charge in [-0.2, -0.15) is 0 Å². The van der Waals surface area contributed by atoms with Crippen LogP contribution in [0.4, 0.5) is 4.39 Å². The van der Waals surface area contributed by atoms with Crippen molar-refractivity contribution in [3.63, 3.8) is 0 Å². The molecule has 0 saturated carbocycles. The maximum absolute atomic E-state index is 13.1. The van der Waals surface area contributed by atoms with Gasteiger partial charge in [-0.05, 0) is 37.0 Å². The fourth-order valence-corrected chi connectivity index (χ4v) is 3.40. The van der Waals surface area contributed by atoms with E-state index in [2.05, 4.69) is 37.9 Å². The van der Waals surface area contributed by atoms with Crippen molar-refractivity contribution >= 4 is 0 Å². The highest BCUT2D eigenvalue weighted by atomic mass is 19.1. The largest absolute Gasteiger partial charge is 0.311 e. The summed E-state index contributed by atoms with van der Waals surface area (Å²) in [6, 6.07) is 8.44. The van der Waals surface area contributed by atoms with Crippen LogP contribution in [-0.4, -0.2) is 30.1 Å². The van der Waals surface area contributed by atoms with Gasteiger partial charge in [0.2, 0.25) is 0 Å². The lowest BCUT2D eigenvalue weighted by Crippen LogP contribution is -2.58. The van der Waals surface area contributed by atoms with Crippen LogP contribution in [0, 0.1) is 11.7 Å². The highest BCUT2D eigenvalue weighted by molar-refractivity contribution is 5.20. The molecular formula is C18H29FN2. The smallest absolute Gasteiger partial charge is 0.123 e. The zero-order valence-corrected chi connectivity index (χ0v) is 13.8. The van der Waals surface area contributed by atoms with Gasteiger partial charge in [-0.3, -0.25) is 4.90 Å². The second-order valence-electron chi connectivity index (χ2n) is 6.63. The monoisotopic (exact) mass is 292 g/mol. The zero-order valence-electron chi connectivity index (χ0n) is 13.8. The quantitative estimate of drug-likeness (QED) is 0.883. The molecule has 21 heavy (non-hydrogen) atoms. The molecule has 3 unspecified atom stereocenters. The van der Waals surface area contributed by atoms with Crippen molar-refractivity contribution < 1.29 is 4.39 Å². The van der Waals surface area contributed by atoms with Gasteiger partial charge in [0.1, 0.15) is 5.82 Å². The third-order valence-electron chi connectivity index (χ3n) is 4.73. The van der Waals surface area contributed by atoms with Crippen LogP contribution in [0.1, 0.15) is 52.1 Å². The third-order valence-corrected chi connectivity index (χ3v) is 4.73. The van der Waals surface area contributed by atoms with Crippen LogP contribution in [0.5, 0.6) is 0 Å². The lowest BCUT2D eigenvalue weighted by molar-refractivity contribution is 0.0597. The zero-order chi connectivity index (χ0) is 15.4. The first-order valence-electron chi connectivity index (χ1n) is 8.27. The number of halogens is 1. The molecule has 2 nitrogen and oxygen atoms in total. The maximum atomic E-state index is 13.1. The van der Waals surface area contributed by atoms with E-state index in [1.165, 1.54) is 18.4 Å². The van der Waals surface area contributed by atoms with Gasteiger partial charge in [-0.25, -0.2) is 4.39 Å². The fraction of sp³-hybridized carbons (Fsp3) is 0.667. The standard InChI is InChI=1S/C18H29FN2/c1-5-6-17-12-21(18(11-20-17)13(2)3)14(4)15-7-9-16(19)10-8-15/h7-10,13-14,17-18,20H,5-6,11-12H2,1-4H3. The van der Waals surface area contributed by atoms with E-state index < -0.39 is 0 Å². The predicted molar refractivity (Wildman–Crippen MR) is 86.8 cm³/mol. The fourth-order valence-electron chi connectivity index (χ4n) is 3.40. The average Bonchev–Trinajstić information content (AvgIpc) is 2.47. The molecule has 0 bridgehead atoms. The molecule has 1 N–H and O–H groups in total. The number of hydrogen-bond donors (Lipinski definition) is 1. The van der Waals surface area contributed by atoms with E-state index in [-0.39, 0.29) is 5.82 Å². The first-order chi connectivity index (χ1) is 10.0. The van der Waals surface area contributed by atoms with E-state index in [9.17, 15) is 4.39 Å². The Bertz CT molecular complexity index is 429. The van der Waals surface area contributed by atoms with Gasteiger partial charge < -0.3 is 5.32 Å². The highest BCUT2D eigenvalue weighted by Gasteiger charge is 2.32. The first kappa shape index (κ1) is 16.4. The number of benzene rings is 1. The molecule has 1 saturated heterocycles. The molecule has 0 radical (unpaired) electrons. The molecule has 3 heteroatoms. The lowest BCUT2D eigenvalue weighted by atomic mass is 9.93. The Kier molecular flexibility index (Phi) is 5.77. The Morgan fingerprint density at radius 1 is 1.24 bits per heavy atom. The molecule has 1 aromatic carbocycles. The number of nitrogens with zero attached hydrogens (tertiary/aromatic N) is 1. The Labute approximate surface area is 128 Å². The van der Waals surface area contributed by atoms with Crippen LogP contribution in [0.25, 0.3) is 0 Å². The van der Waals surface area contributed by atoms with Gasteiger partial charge in [-0.15, -0.1) is 0 Å². The molecule has 2 rings (SSSR count). The maximum Gasteiger partial charge on any atom is 0.123 e. The predicted octanol–water partition coefficient (Wildman–Crippen LogP) is 3.99. The Morgan fingerprint density at radius 3 is 2.48 bits per heavy atom. The summed E-state index contributed by atoms with van der Waals surface area (Å²) in [5.41, 5.74) is 1.21. The van der Waals surface area contributed by atoms with Crippen LogP contribution < -0.4 is 5.32 Å². The minimum Gasteiger partial charge on any atom is -0.311 e. The SMILES string of the molecule is CCCC1CN(C(C)c2ccc(F)cc2)C(C(C)C)CN1. The van der Waals surface area contributed by atoms with E-state index in [0.29, 0.717) is 24.0 Å². The van der Waals surface area contributed by atoms with Gasteiger partial charge in [0.05, 0.1) is 0 Å². The normalized spacial score (nSPS) is 25.2. The summed E-state index contributed by atoms with van der Waals surface area (Å²) < 4.78 is 13.1. The van der Waals surface area contributed by atoms with E-state index >= 15 is 0 Å². The van der Waals surface area contributed by atoms with Gasteiger partial charge in [0, 0.05) is 31.2 Å². The van der Waals surface area contributed by atoms with Crippen LogP contribution in [0.15, 0.2) is 24.3 Å². The molecule has 1 fully saturated rings. The second-order valence-corrected chi connectivity index (χ2v) is 6.63. The summed E-state index contributed by atoms with van der Waals surface area (Å²) >= 11 is 0. The summed E-state index contributed by atoms with van der Waals surface area (Å²) in [4.78, 5) is 2.61. The first-order valence-corrected chi connectivity index (χ1v) is 8.27. The Balaban J connectivity index is 2.16. The van der Waals surface area contributed by atoms with Crippen molar-refractivity contribution in [3.8, 4) is 0 Å². The molecule has 0 spiro atoms. The molecule has 118 valence electrons. The Morgan fingerprint density at radius 2 is 1.90 bits per heavy atom. The average molecular weight is 292 g/mol. The van der Waals surface area contributed by atoms with E-state index in [4.69, 9.17) is 0 Å². The van der Waals surface area contributed by atoms with Crippen LogP contribution in [0.2, 0.25) is 0 Å². The summed E-state index contributed by atoms with van der Waals surface area (Å²) in [7, 11) is 0. The lowest BCUT2D eigenvalue weighted by Gasteiger charge is -2.45. The number of nitrogens with one attached hydrogen (secondary N) is 1. The second kappa shape index (κ2) is 7.37. The van der Waals surface area contributed by atoms with Gasteiger partial charge in [0.15, 0.2) is 0 Å². The summed E-state index contributed by atoms with van der Waals surface area (Å²) in [5.74, 6) is 0.457. The van der Waals surface area contributed by atoms with E-state index in [1.54, 1.807) is 12.1 Å². The van der Waals surface area contributed by atoms with Crippen molar-refractivity contribution in [2.24, 2.45) is 5.92 Å². The van der Waals surface area contributed by atoms with Gasteiger partial charge in [-0.1, -0.05) is 39.3 Å². The summed E-state index contributed by atoms with van der Waals surface area (Å²) in [6.07, 6.45) is 2.43.